The molecule has 5 nitrogen and oxygen atoms in total. The first kappa shape index (κ1) is 11.0. The highest BCUT2D eigenvalue weighted by Gasteiger charge is 2.01. The first-order valence-electron chi connectivity index (χ1n) is 3.88. The Balaban J connectivity index is 3.51. The highest BCUT2D eigenvalue weighted by molar-refractivity contribution is 5.76. The van der Waals surface area contributed by atoms with Gasteiger partial charge in [-0.05, 0) is 13.8 Å². The Morgan fingerprint density at radius 3 is 2.67 bits per heavy atom. The van der Waals surface area contributed by atoms with Gasteiger partial charge in [-0.1, -0.05) is 5.16 Å². The molecule has 0 heterocycles. The zero-order chi connectivity index (χ0) is 9.56. The van der Waals surface area contributed by atoms with Gasteiger partial charge in [-0.15, -0.1) is 0 Å². The van der Waals surface area contributed by atoms with Gasteiger partial charge in [-0.25, -0.2) is 0 Å². The molecule has 0 amide bonds. The highest BCUT2D eigenvalue weighted by atomic mass is 16.5. The minimum atomic E-state index is 0.0994. The van der Waals surface area contributed by atoms with E-state index in [0.717, 1.165) is 0 Å². The van der Waals surface area contributed by atoms with E-state index in [-0.39, 0.29) is 12.1 Å². The second-order valence-corrected chi connectivity index (χ2v) is 2.80. The molecular formula is C7H17N3O2. The smallest absolute Gasteiger partial charge is 0.233 e. The standard InChI is InChI=1S/C7H17N3O2/c1-6(2)12-5-4-10(3)7(8)9-11/h6,11H,4-5H2,1-3H3,(H2,8,9). The minimum Gasteiger partial charge on any atom is -0.408 e. The van der Waals surface area contributed by atoms with E-state index in [1.807, 2.05) is 13.8 Å². The van der Waals surface area contributed by atoms with Crippen LogP contribution in [0.3, 0.4) is 0 Å². The van der Waals surface area contributed by atoms with Gasteiger partial charge in [0.25, 0.3) is 0 Å². The van der Waals surface area contributed by atoms with Crippen LogP contribution in [0.25, 0.3) is 0 Å². The van der Waals surface area contributed by atoms with E-state index < -0.39 is 0 Å². The summed E-state index contributed by atoms with van der Waals surface area (Å²) in [7, 11) is 1.73. The SMILES string of the molecule is CC(C)OCCN(C)C(N)=NO. The molecule has 0 bridgehead atoms. The molecule has 0 aliphatic carbocycles. The van der Waals surface area contributed by atoms with Crippen molar-refractivity contribution in [1.82, 2.24) is 4.90 Å². The maximum Gasteiger partial charge on any atom is 0.233 e. The van der Waals surface area contributed by atoms with Crippen LogP contribution in [0.2, 0.25) is 0 Å². The van der Waals surface area contributed by atoms with Crippen LogP contribution in [0.5, 0.6) is 0 Å². The summed E-state index contributed by atoms with van der Waals surface area (Å²) in [5.41, 5.74) is 5.30. The van der Waals surface area contributed by atoms with Crippen molar-refractivity contribution in [2.75, 3.05) is 20.2 Å². The van der Waals surface area contributed by atoms with Crippen molar-refractivity contribution in [2.24, 2.45) is 10.9 Å². The molecule has 5 heteroatoms. The number of oxime groups is 1. The predicted molar refractivity (Wildman–Crippen MR) is 47.1 cm³/mol. The Hall–Kier alpha value is -0.970. The summed E-state index contributed by atoms with van der Waals surface area (Å²) >= 11 is 0. The van der Waals surface area contributed by atoms with Gasteiger partial charge < -0.3 is 20.6 Å². The van der Waals surface area contributed by atoms with Gasteiger partial charge in [0.1, 0.15) is 0 Å². The first-order chi connectivity index (χ1) is 5.57. The second kappa shape index (κ2) is 5.65. The Morgan fingerprint density at radius 1 is 1.67 bits per heavy atom. The van der Waals surface area contributed by atoms with Crippen molar-refractivity contribution >= 4 is 5.96 Å². The number of hydrogen-bond acceptors (Lipinski definition) is 3. The molecule has 0 saturated heterocycles. The molecule has 0 fully saturated rings. The summed E-state index contributed by atoms with van der Waals surface area (Å²) < 4.78 is 5.27. The average molecular weight is 175 g/mol. The van der Waals surface area contributed by atoms with Crippen molar-refractivity contribution in [3.05, 3.63) is 0 Å². The van der Waals surface area contributed by atoms with Crippen LogP contribution in [0.15, 0.2) is 5.16 Å². The van der Waals surface area contributed by atoms with E-state index in [9.17, 15) is 0 Å². The number of nitrogens with two attached hydrogens (primary N) is 1. The van der Waals surface area contributed by atoms with Crippen LogP contribution in [0, 0.1) is 0 Å². The number of rotatable bonds is 4. The highest BCUT2D eigenvalue weighted by Crippen LogP contribution is 1.88. The fourth-order valence-electron chi connectivity index (χ4n) is 0.616. The quantitative estimate of drug-likeness (QED) is 0.274. The van der Waals surface area contributed by atoms with Crippen LogP contribution in [0.4, 0.5) is 0 Å². The molecule has 0 aliphatic heterocycles. The molecule has 0 aliphatic rings. The van der Waals surface area contributed by atoms with Gasteiger partial charge in [0.2, 0.25) is 5.96 Å². The van der Waals surface area contributed by atoms with Crippen molar-refractivity contribution in [3.63, 3.8) is 0 Å². The van der Waals surface area contributed by atoms with Gasteiger partial charge in [-0.2, -0.15) is 0 Å². The number of nitrogens with zero attached hydrogens (tertiary/aromatic N) is 2. The summed E-state index contributed by atoms with van der Waals surface area (Å²) in [5, 5.41) is 11.1. The topological polar surface area (TPSA) is 71.1 Å². The Kier molecular flexibility index (Phi) is 5.19. The van der Waals surface area contributed by atoms with Gasteiger partial charge >= 0.3 is 0 Å². The molecule has 0 aromatic heterocycles. The molecule has 0 aromatic carbocycles. The van der Waals surface area contributed by atoms with Gasteiger partial charge in [0, 0.05) is 13.6 Å². The molecule has 0 aromatic rings. The number of ether oxygens (including phenoxy) is 1. The molecule has 12 heavy (non-hydrogen) atoms. The van der Waals surface area contributed by atoms with E-state index in [2.05, 4.69) is 5.16 Å². The van der Waals surface area contributed by atoms with Crippen molar-refractivity contribution in [3.8, 4) is 0 Å². The van der Waals surface area contributed by atoms with Crippen molar-refractivity contribution < 1.29 is 9.94 Å². The average Bonchev–Trinajstić information content (AvgIpc) is 2.02. The minimum absolute atomic E-state index is 0.0994. The number of likely N-dealkylation sites (N-methyl/N-ethyl adjacent to an activating group) is 1. The van der Waals surface area contributed by atoms with E-state index in [0.29, 0.717) is 13.2 Å². The largest absolute Gasteiger partial charge is 0.408 e. The maximum absolute atomic E-state index is 8.29. The van der Waals surface area contributed by atoms with Gasteiger partial charge in [0.05, 0.1) is 12.7 Å². The van der Waals surface area contributed by atoms with Crippen molar-refractivity contribution in [1.29, 1.82) is 0 Å². The lowest BCUT2D eigenvalue weighted by Crippen LogP contribution is -2.36. The Morgan fingerprint density at radius 2 is 2.25 bits per heavy atom. The lowest BCUT2D eigenvalue weighted by atomic mass is 10.5. The fourth-order valence-corrected chi connectivity index (χ4v) is 0.616. The van der Waals surface area contributed by atoms with Crippen LogP contribution in [0.1, 0.15) is 13.8 Å². The summed E-state index contributed by atoms with van der Waals surface area (Å²) in [4.78, 5) is 1.61. The molecule has 72 valence electrons. The summed E-state index contributed by atoms with van der Waals surface area (Å²) in [6.07, 6.45) is 0.214. The molecule has 0 radical (unpaired) electrons. The third-order valence-electron chi connectivity index (χ3n) is 1.37. The van der Waals surface area contributed by atoms with Crippen LogP contribution < -0.4 is 5.73 Å². The van der Waals surface area contributed by atoms with Crippen LogP contribution in [-0.4, -0.2) is 42.4 Å². The predicted octanol–water partition coefficient (Wildman–Crippen LogP) is 0.0471. The van der Waals surface area contributed by atoms with Crippen LogP contribution in [-0.2, 0) is 4.74 Å². The first-order valence-corrected chi connectivity index (χ1v) is 3.88. The monoisotopic (exact) mass is 175 g/mol. The summed E-state index contributed by atoms with van der Waals surface area (Å²) in [5.74, 6) is 0.0994. The van der Waals surface area contributed by atoms with E-state index in [1.54, 1.807) is 11.9 Å². The van der Waals surface area contributed by atoms with E-state index >= 15 is 0 Å². The molecule has 0 unspecified atom stereocenters. The third kappa shape index (κ3) is 4.79. The number of guanidine groups is 1. The molecule has 0 spiro atoms. The zero-order valence-electron chi connectivity index (χ0n) is 7.82. The Bertz CT molecular complexity index is 148. The maximum atomic E-state index is 8.29. The lowest BCUT2D eigenvalue weighted by Gasteiger charge is -2.17. The lowest BCUT2D eigenvalue weighted by molar-refractivity contribution is 0.0720. The second-order valence-electron chi connectivity index (χ2n) is 2.80. The normalized spacial score (nSPS) is 12.2. The molecule has 0 saturated carbocycles. The summed E-state index contributed by atoms with van der Waals surface area (Å²) in [6, 6.07) is 0. The van der Waals surface area contributed by atoms with Gasteiger partial charge in [0.15, 0.2) is 0 Å². The fraction of sp³-hybridized carbons (Fsp3) is 0.857. The number of hydrogen-bond donors (Lipinski definition) is 2. The Labute approximate surface area is 72.8 Å². The van der Waals surface area contributed by atoms with Crippen molar-refractivity contribution in [2.45, 2.75) is 20.0 Å². The summed E-state index contributed by atoms with van der Waals surface area (Å²) in [6.45, 7) is 5.12. The molecule has 0 atom stereocenters. The molecule has 0 rings (SSSR count). The van der Waals surface area contributed by atoms with E-state index in [1.165, 1.54) is 0 Å². The zero-order valence-corrected chi connectivity index (χ0v) is 7.82. The van der Waals surface area contributed by atoms with Gasteiger partial charge in [-0.3, -0.25) is 0 Å². The van der Waals surface area contributed by atoms with E-state index in [4.69, 9.17) is 15.7 Å². The van der Waals surface area contributed by atoms with Crippen LogP contribution >= 0.6 is 0 Å². The molecule has 3 N–H and O–H groups in total. The molecular weight excluding hydrogens is 158 g/mol. The third-order valence-corrected chi connectivity index (χ3v) is 1.37.